The second kappa shape index (κ2) is 8.37. The van der Waals surface area contributed by atoms with Gasteiger partial charge in [-0.25, -0.2) is 26.7 Å². The molecular weight excluding hydrogens is 342 g/mol. The van der Waals surface area contributed by atoms with Crippen molar-refractivity contribution in [2.45, 2.75) is 11.7 Å². The fourth-order valence-corrected chi connectivity index (χ4v) is 2.69. The van der Waals surface area contributed by atoms with Crippen molar-refractivity contribution in [3.63, 3.8) is 0 Å². The lowest BCUT2D eigenvalue weighted by Crippen LogP contribution is -2.41. The Morgan fingerprint density at radius 2 is 1.95 bits per heavy atom. The number of sulfonamides is 1. The summed E-state index contributed by atoms with van der Waals surface area (Å²) in [6, 6.07) is 5.88. The molecule has 0 fully saturated rings. The molecule has 0 amide bonds. The van der Waals surface area contributed by atoms with E-state index >= 15 is 0 Å². The van der Waals surface area contributed by atoms with Crippen LogP contribution in [0, 0.1) is 0 Å². The molecule has 0 spiro atoms. The number of methoxy groups -OCH3 is 1. The molecule has 0 bridgehead atoms. The fraction of sp³-hybridized carbons (Fsp3) is 0.417. The Morgan fingerprint density at radius 3 is 2.50 bits per heavy atom. The molecule has 3 N–H and O–H groups in total. The van der Waals surface area contributed by atoms with Crippen LogP contribution in [0.3, 0.4) is 0 Å². The van der Waals surface area contributed by atoms with Gasteiger partial charge in [-0.05, 0) is 11.6 Å². The second-order valence-corrected chi connectivity index (χ2v) is 6.10. The van der Waals surface area contributed by atoms with E-state index in [0.717, 1.165) is 7.11 Å². The van der Waals surface area contributed by atoms with Crippen molar-refractivity contribution >= 4 is 28.4 Å². The number of ether oxygens (including phenoxy) is 1. The number of nitrogens with one attached hydrogen (secondary N) is 1. The Labute approximate surface area is 133 Å². The van der Waals surface area contributed by atoms with Gasteiger partial charge in [-0.2, -0.15) is 0 Å². The van der Waals surface area contributed by atoms with Crippen LogP contribution in [0.1, 0.15) is 15.9 Å². The smallest absolute Gasteiger partial charge is 0.338 e. The zero-order valence-electron chi connectivity index (χ0n) is 11.7. The largest absolute Gasteiger partial charge is 0.465 e. The summed E-state index contributed by atoms with van der Waals surface area (Å²) < 4.78 is 55.8. The minimum absolute atomic E-state index is 0. The van der Waals surface area contributed by atoms with E-state index in [9.17, 15) is 22.0 Å². The van der Waals surface area contributed by atoms with Crippen molar-refractivity contribution in [1.82, 2.24) is 4.72 Å². The molecule has 0 unspecified atom stereocenters. The molecule has 1 rings (SSSR count). The van der Waals surface area contributed by atoms with Gasteiger partial charge in [0.1, 0.15) is 0 Å². The van der Waals surface area contributed by atoms with Gasteiger partial charge in [0.2, 0.25) is 10.0 Å². The Hall–Kier alpha value is -1.29. The zero-order valence-corrected chi connectivity index (χ0v) is 13.3. The van der Waals surface area contributed by atoms with Crippen molar-refractivity contribution in [3.05, 3.63) is 35.4 Å². The zero-order chi connectivity index (χ0) is 16.1. The summed E-state index contributed by atoms with van der Waals surface area (Å²) in [5.74, 6) is -4.64. The molecule has 10 heteroatoms. The second-order valence-electron chi connectivity index (χ2n) is 4.29. The minimum atomic E-state index is -4.04. The molecule has 0 saturated heterocycles. The molecular formula is C12H17ClF2N2O4S. The molecule has 1 aromatic carbocycles. The van der Waals surface area contributed by atoms with Crippen LogP contribution in [-0.2, 0) is 20.5 Å². The maximum Gasteiger partial charge on any atom is 0.338 e. The summed E-state index contributed by atoms with van der Waals surface area (Å²) in [6.45, 7) is -2.06. The lowest BCUT2D eigenvalue weighted by molar-refractivity contribution is 0.0170. The van der Waals surface area contributed by atoms with E-state index in [1.807, 2.05) is 0 Å². The molecule has 1 aromatic rings. The number of carbonyl (C=O) groups is 1. The third-order valence-electron chi connectivity index (χ3n) is 2.62. The van der Waals surface area contributed by atoms with Gasteiger partial charge in [-0.3, -0.25) is 0 Å². The van der Waals surface area contributed by atoms with Crippen molar-refractivity contribution in [3.8, 4) is 0 Å². The average Bonchev–Trinajstić information content (AvgIpc) is 2.45. The first-order chi connectivity index (χ1) is 9.71. The number of alkyl halides is 2. The van der Waals surface area contributed by atoms with Crippen LogP contribution in [0.25, 0.3) is 0 Å². The van der Waals surface area contributed by atoms with Crippen LogP contribution in [-0.4, -0.2) is 40.5 Å². The molecule has 6 nitrogen and oxygen atoms in total. The maximum atomic E-state index is 13.0. The van der Waals surface area contributed by atoms with Gasteiger partial charge in [0.05, 0.1) is 31.5 Å². The van der Waals surface area contributed by atoms with Crippen LogP contribution in [0.5, 0.6) is 0 Å². The number of hydrogen-bond acceptors (Lipinski definition) is 5. The van der Waals surface area contributed by atoms with Gasteiger partial charge in [-0.1, -0.05) is 18.2 Å². The number of carbonyl (C=O) groups excluding carboxylic acids is 1. The lowest BCUT2D eigenvalue weighted by Gasteiger charge is -2.15. The molecule has 0 heterocycles. The molecule has 0 radical (unpaired) electrons. The lowest BCUT2D eigenvalue weighted by atomic mass is 10.1. The van der Waals surface area contributed by atoms with E-state index in [2.05, 4.69) is 4.74 Å². The summed E-state index contributed by atoms with van der Waals surface area (Å²) in [5.41, 5.74) is 5.05. The monoisotopic (exact) mass is 358 g/mol. The van der Waals surface area contributed by atoms with E-state index in [4.69, 9.17) is 5.73 Å². The molecule has 0 aliphatic carbocycles. The van der Waals surface area contributed by atoms with Crippen molar-refractivity contribution in [2.24, 2.45) is 5.73 Å². The first-order valence-corrected chi connectivity index (χ1v) is 7.57. The Kier molecular flexibility index (Phi) is 7.88. The normalized spacial score (nSPS) is 11.6. The van der Waals surface area contributed by atoms with Gasteiger partial charge in [0.15, 0.2) is 0 Å². The number of nitrogens with two attached hydrogens (primary N) is 1. The van der Waals surface area contributed by atoms with Gasteiger partial charge >= 0.3 is 5.97 Å². The number of rotatable bonds is 7. The summed E-state index contributed by atoms with van der Waals surface area (Å²) in [6.07, 6.45) is 0. The predicted octanol–water partition coefficient (Wildman–Crippen LogP) is 0.908. The first-order valence-electron chi connectivity index (χ1n) is 5.92. The van der Waals surface area contributed by atoms with Gasteiger partial charge in [-0.15, -0.1) is 12.4 Å². The minimum Gasteiger partial charge on any atom is -0.465 e. The fourth-order valence-electron chi connectivity index (χ4n) is 1.50. The van der Waals surface area contributed by atoms with Gasteiger partial charge in [0, 0.05) is 0 Å². The Morgan fingerprint density at radius 1 is 1.36 bits per heavy atom. The molecule has 22 heavy (non-hydrogen) atoms. The molecule has 0 atom stereocenters. The van der Waals surface area contributed by atoms with Gasteiger partial charge in [0.25, 0.3) is 5.92 Å². The van der Waals surface area contributed by atoms with Crippen LogP contribution in [0.15, 0.2) is 24.3 Å². The quantitative estimate of drug-likeness (QED) is 0.706. The van der Waals surface area contributed by atoms with E-state index < -0.39 is 40.8 Å². The Bertz CT molecular complexity index is 611. The number of benzene rings is 1. The van der Waals surface area contributed by atoms with Crippen LogP contribution in [0.2, 0.25) is 0 Å². The maximum absolute atomic E-state index is 13.0. The Balaban J connectivity index is 0.00000441. The standard InChI is InChI=1S/C12H16F2N2O4S.ClH/c1-20-11(17)10-5-3-2-4-9(10)6-21(18,19)16-8-12(13,14)7-15;/h2-5,16H,6-8,15H2,1H3;1H. The average molecular weight is 359 g/mol. The molecule has 0 saturated carbocycles. The number of esters is 1. The molecule has 0 aliphatic rings. The van der Waals surface area contributed by atoms with Crippen LogP contribution < -0.4 is 10.5 Å². The number of hydrogen-bond donors (Lipinski definition) is 2. The highest BCUT2D eigenvalue weighted by Gasteiger charge is 2.29. The van der Waals surface area contributed by atoms with Crippen LogP contribution >= 0.6 is 12.4 Å². The highest BCUT2D eigenvalue weighted by Crippen LogP contribution is 2.14. The summed E-state index contributed by atoms with van der Waals surface area (Å²) >= 11 is 0. The summed E-state index contributed by atoms with van der Waals surface area (Å²) in [5, 5.41) is 0. The summed E-state index contributed by atoms with van der Waals surface area (Å²) in [7, 11) is -2.88. The van der Waals surface area contributed by atoms with Crippen molar-refractivity contribution < 1.29 is 26.7 Å². The first kappa shape index (κ1) is 20.7. The summed E-state index contributed by atoms with van der Waals surface area (Å²) in [4.78, 5) is 11.5. The number of halogens is 3. The third-order valence-corrected chi connectivity index (χ3v) is 3.89. The van der Waals surface area contributed by atoms with E-state index in [1.165, 1.54) is 18.2 Å². The topological polar surface area (TPSA) is 98.5 Å². The van der Waals surface area contributed by atoms with Crippen molar-refractivity contribution in [2.75, 3.05) is 20.2 Å². The van der Waals surface area contributed by atoms with E-state index in [-0.39, 0.29) is 23.5 Å². The molecule has 126 valence electrons. The van der Waals surface area contributed by atoms with E-state index in [1.54, 1.807) is 10.8 Å². The van der Waals surface area contributed by atoms with Gasteiger partial charge < -0.3 is 10.5 Å². The third kappa shape index (κ3) is 6.22. The van der Waals surface area contributed by atoms with Crippen LogP contribution in [0.4, 0.5) is 8.78 Å². The predicted molar refractivity (Wildman–Crippen MR) is 79.7 cm³/mol. The van der Waals surface area contributed by atoms with Crippen molar-refractivity contribution in [1.29, 1.82) is 0 Å². The molecule has 0 aromatic heterocycles. The highest BCUT2D eigenvalue weighted by molar-refractivity contribution is 7.88. The SMILES string of the molecule is COC(=O)c1ccccc1CS(=O)(=O)NCC(F)(F)CN.Cl. The molecule has 0 aliphatic heterocycles. The highest BCUT2D eigenvalue weighted by atomic mass is 35.5. The van der Waals surface area contributed by atoms with E-state index in [0.29, 0.717) is 0 Å².